The highest BCUT2D eigenvalue weighted by Gasteiger charge is 2.21. The maximum Gasteiger partial charge on any atom is 0.228 e. The number of nitrogens with one attached hydrogen (secondary N) is 1. The summed E-state index contributed by atoms with van der Waals surface area (Å²) < 4.78 is 32.2. The Morgan fingerprint density at radius 3 is 2.62 bits per heavy atom. The molecule has 0 bridgehead atoms. The summed E-state index contributed by atoms with van der Waals surface area (Å²) in [5.41, 5.74) is 2.37. The monoisotopic (exact) mass is 403 g/mol. The Kier molecular flexibility index (Phi) is 5.64. The number of piperazine rings is 1. The lowest BCUT2D eigenvalue weighted by Gasteiger charge is -2.36. The molecule has 2 aliphatic heterocycles. The Hall–Kier alpha value is -2.71. The first-order valence-corrected chi connectivity index (χ1v) is 9.64. The number of amides is 1. The number of anilines is 2. The van der Waals surface area contributed by atoms with Crippen molar-refractivity contribution in [1.29, 1.82) is 0 Å². The maximum atomic E-state index is 13.4. The van der Waals surface area contributed by atoms with E-state index in [2.05, 4.69) is 10.2 Å². The molecule has 0 spiro atoms. The molecule has 4 rings (SSSR count). The van der Waals surface area contributed by atoms with E-state index in [4.69, 9.17) is 4.74 Å². The molecule has 1 fully saturated rings. The molecule has 0 unspecified atom stereocenters. The van der Waals surface area contributed by atoms with Crippen LogP contribution < -0.4 is 15.0 Å². The average molecular weight is 403 g/mol. The molecule has 2 heterocycles. The predicted molar refractivity (Wildman–Crippen MR) is 105 cm³/mol. The van der Waals surface area contributed by atoms with E-state index < -0.39 is 17.7 Å². The summed E-state index contributed by atoms with van der Waals surface area (Å²) in [7, 11) is 0. The molecule has 0 saturated carbocycles. The van der Waals surface area contributed by atoms with Crippen molar-refractivity contribution in [3.05, 3.63) is 53.6 Å². The molecule has 1 saturated heterocycles. The molecular formula is C21H23F2N3O3. The topological polar surface area (TPSA) is 65.0 Å². The van der Waals surface area contributed by atoms with Gasteiger partial charge in [-0.05, 0) is 35.9 Å². The summed E-state index contributed by atoms with van der Waals surface area (Å²) in [5, 5.41) is 13.1. The van der Waals surface area contributed by atoms with Crippen LogP contribution in [0.25, 0.3) is 0 Å². The summed E-state index contributed by atoms with van der Waals surface area (Å²) in [6.45, 7) is 3.39. The zero-order chi connectivity index (χ0) is 20.4. The molecule has 8 heteroatoms. The maximum absolute atomic E-state index is 13.4. The van der Waals surface area contributed by atoms with E-state index in [1.807, 2.05) is 11.0 Å². The summed E-state index contributed by atoms with van der Waals surface area (Å²) in [4.78, 5) is 15.5. The van der Waals surface area contributed by atoms with Crippen LogP contribution in [0.1, 0.15) is 5.56 Å². The van der Waals surface area contributed by atoms with Crippen molar-refractivity contribution in [2.24, 2.45) is 0 Å². The van der Waals surface area contributed by atoms with Crippen LogP contribution in [-0.2, 0) is 11.2 Å². The van der Waals surface area contributed by atoms with Crippen LogP contribution in [0.4, 0.5) is 20.2 Å². The van der Waals surface area contributed by atoms with Gasteiger partial charge in [0.05, 0.1) is 6.42 Å². The van der Waals surface area contributed by atoms with Gasteiger partial charge in [-0.25, -0.2) is 8.78 Å². The summed E-state index contributed by atoms with van der Waals surface area (Å²) >= 11 is 0. The lowest BCUT2D eigenvalue weighted by molar-refractivity contribution is -0.115. The standard InChI is InChI=1S/C21H23F2N3O3/c22-18-3-1-15(11-19(18)23)26-7-5-25(6-8-26)12-16(27)13-29-17-2-4-20-14(9-17)10-21(28)24-20/h1-4,9,11,16,27H,5-8,10,12-13H2,(H,24,28)/t16-/m1/s1. The summed E-state index contributed by atoms with van der Waals surface area (Å²) in [6, 6.07) is 9.34. The zero-order valence-corrected chi connectivity index (χ0v) is 15.9. The number of aliphatic hydroxyl groups excluding tert-OH is 1. The normalized spacial score (nSPS) is 17.8. The van der Waals surface area contributed by atoms with Crippen molar-refractivity contribution < 1.29 is 23.4 Å². The molecule has 2 N–H and O–H groups in total. The Labute approximate surface area is 167 Å². The molecule has 0 radical (unpaired) electrons. The van der Waals surface area contributed by atoms with Gasteiger partial charge >= 0.3 is 0 Å². The first-order chi connectivity index (χ1) is 14.0. The molecule has 0 aromatic heterocycles. The number of fused-ring (bicyclic) bond motifs is 1. The van der Waals surface area contributed by atoms with Gasteiger partial charge in [0.25, 0.3) is 0 Å². The van der Waals surface area contributed by atoms with Crippen LogP contribution in [0.3, 0.4) is 0 Å². The fourth-order valence-electron chi connectivity index (χ4n) is 3.71. The number of rotatable bonds is 6. The van der Waals surface area contributed by atoms with E-state index in [9.17, 15) is 18.7 Å². The number of β-amino-alcohol motifs (C(OH)–C–C–N with tert-alkyl or cyclic N) is 1. The Morgan fingerprint density at radius 1 is 1.07 bits per heavy atom. The number of halogens is 2. The van der Waals surface area contributed by atoms with Gasteiger partial charge in [-0.3, -0.25) is 9.69 Å². The molecular weight excluding hydrogens is 380 g/mol. The number of hydrogen-bond donors (Lipinski definition) is 2. The second-order valence-corrected chi connectivity index (χ2v) is 7.39. The largest absolute Gasteiger partial charge is 0.491 e. The third kappa shape index (κ3) is 4.65. The van der Waals surface area contributed by atoms with Gasteiger partial charge in [0.2, 0.25) is 5.91 Å². The molecule has 0 aliphatic carbocycles. The first kappa shape index (κ1) is 19.6. The lowest BCUT2D eigenvalue weighted by atomic mass is 10.1. The fourth-order valence-corrected chi connectivity index (χ4v) is 3.71. The highest BCUT2D eigenvalue weighted by molar-refractivity contribution is 5.99. The third-order valence-electron chi connectivity index (χ3n) is 5.25. The van der Waals surface area contributed by atoms with E-state index >= 15 is 0 Å². The summed E-state index contributed by atoms with van der Waals surface area (Å²) in [5.74, 6) is -1.09. The van der Waals surface area contributed by atoms with Crippen LogP contribution in [0, 0.1) is 11.6 Å². The number of carbonyl (C=O) groups is 1. The molecule has 1 amide bonds. The molecule has 2 aromatic rings. The zero-order valence-electron chi connectivity index (χ0n) is 15.9. The number of nitrogens with zero attached hydrogens (tertiary/aromatic N) is 2. The van der Waals surface area contributed by atoms with Crippen molar-refractivity contribution in [3.8, 4) is 5.75 Å². The van der Waals surface area contributed by atoms with Gasteiger partial charge < -0.3 is 20.1 Å². The van der Waals surface area contributed by atoms with Gasteiger partial charge in [0.15, 0.2) is 11.6 Å². The minimum Gasteiger partial charge on any atom is -0.491 e. The van der Waals surface area contributed by atoms with Crippen LogP contribution in [-0.4, -0.2) is 61.3 Å². The van der Waals surface area contributed by atoms with Gasteiger partial charge in [-0.1, -0.05) is 0 Å². The highest BCUT2D eigenvalue weighted by atomic mass is 19.2. The van der Waals surface area contributed by atoms with E-state index in [0.29, 0.717) is 50.6 Å². The minimum absolute atomic E-state index is 0.0281. The van der Waals surface area contributed by atoms with Crippen LogP contribution >= 0.6 is 0 Å². The van der Waals surface area contributed by atoms with E-state index in [-0.39, 0.29) is 12.5 Å². The number of aliphatic hydroxyl groups is 1. The SMILES string of the molecule is O=C1Cc2cc(OC[C@H](O)CN3CCN(c4ccc(F)c(F)c4)CC3)ccc2N1. The second-order valence-electron chi connectivity index (χ2n) is 7.39. The molecule has 1 atom stereocenters. The second kappa shape index (κ2) is 8.34. The van der Waals surface area contributed by atoms with E-state index in [1.165, 1.54) is 6.07 Å². The molecule has 2 aliphatic rings. The predicted octanol–water partition coefficient (Wildman–Crippen LogP) is 2.02. The molecule has 2 aromatic carbocycles. The highest BCUT2D eigenvalue weighted by Crippen LogP contribution is 2.27. The lowest BCUT2D eigenvalue weighted by Crippen LogP contribution is -2.49. The molecule has 29 heavy (non-hydrogen) atoms. The van der Waals surface area contributed by atoms with Gasteiger partial charge in [0.1, 0.15) is 18.5 Å². The van der Waals surface area contributed by atoms with Crippen LogP contribution in [0.5, 0.6) is 5.75 Å². The number of benzene rings is 2. The quantitative estimate of drug-likeness (QED) is 0.773. The molecule has 6 nitrogen and oxygen atoms in total. The minimum atomic E-state index is -0.846. The van der Waals surface area contributed by atoms with E-state index in [0.717, 1.165) is 17.3 Å². The van der Waals surface area contributed by atoms with Gasteiger partial charge in [0, 0.05) is 50.2 Å². The average Bonchev–Trinajstić information content (AvgIpc) is 3.08. The number of hydrogen-bond acceptors (Lipinski definition) is 5. The van der Waals surface area contributed by atoms with E-state index in [1.54, 1.807) is 18.2 Å². The van der Waals surface area contributed by atoms with Crippen LogP contribution in [0.2, 0.25) is 0 Å². The van der Waals surface area contributed by atoms with Crippen molar-refractivity contribution in [3.63, 3.8) is 0 Å². The van der Waals surface area contributed by atoms with Crippen molar-refractivity contribution in [2.45, 2.75) is 12.5 Å². The summed E-state index contributed by atoms with van der Waals surface area (Å²) in [6.07, 6.45) is -0.310. The van der Waals surface area contributed by atoms with Gasteiger partial charge in [-0.15, -0.1) is 0 Å². The first-order valence-electron chi connectivity index (χ1n) is 9.64. The Bertz CT molecular complexity index is 901. The fraction of sp³-hybridized carbons (Fsp3) is 0.381. The number of ether oxygens (including phenoxy) is 1. The Morgan fingerprint density at radius 2 is 1.86 bits per heavy atom. The van der Waals surface area contributed by atoms with Crippen molar-refractivity contribution in [1.82, 2.24) is 4.90 Å². The van der Waals surface area contributed by atoms with Crippen LogP contribution in [0.15, 0.2) is 36.4 Å². The van der Waals surface area contributed by atoms with Gasteiger partial charge in [-0.2, -0.15) is 0 Å². The number of carbonyl (C=O) groups excluding carboxylic acids is 1. The molecule has 154 valence electrons. The third-order valence-corrected chi connectivity index (χ3v) is 5.25. The van der Waals surface area contributed by atoms with Crippen molar-refractivity contribution in [2.75, 3.05) is 49.5 Å². The van der Waals surface area contributed by atoms with Crippen molar-refractivity contribution >= 4 is 17.3 Å². The smallest absolute Gasteiger partial charge is 0.228 e. The Balaban J connectivity index is 1.23.